The van der Waals surface area contributed by atoms with Gasteiger partial charge in [0.25, 0.3) is 0 Å². The number of carboxylic acids is 2. The molecule has 1 aliphatic rings. The molecule has 0 spiro atoms. The van der Waals surface area contributed by atoms with Gasteiger partial charge in [0.1, 0.15) is 18.2 Å². The van der Waals surface area contributed by atoms with Gasteiger partial charge in [-0.05, 0) is 31.0 Å². The molecule has 1 aliphatic heterocycles. The van der Waals surface area contributed by atoms with Crippen molar-refractivity contribution in [1.29, 1.82) is 0 Å². The van der Waals surface area contributed by atoms with Crippen LogP contribution in [-0.2, 0) is 4.79 Å². The number of benzene rings is 1. The number of rotatable bonds is 3. The van der Waals surface area contributed by atoms with Crippen molar-refractivity contribution in [1.82, 2.24) is 9.97 Å². The fourth-order valence-corrected chi connectivity index (χ4v) is 2.68. The molecule has 0 aliphatic carbocycles. The molecule has 7 nitrogen and oxygen atoms in total. The number of aromatic carboxylic acids is 1. The Bertz CT molecular complexity index is 731. The van der Waals surface area contributed by atoms with Crippen molar-refractivity contribution < 1.29 is 19.8 Å². The second-order valence-electron chi connectivity index (χ2n) is 4.92. The standard InChI is InChI=1S/C14H13N3O4/c18-13(19)8-3-4-9-10(6-8)15-7-16-12(9)17-5-1-2-11(17)14(20)21/h3-4,6-7,11H,1-2,5H2,(H,18,19)(H,20,21). The van der Waals surface area contributed by atoms with Crippen LogP contribution in [-0.4, -0.2) is 44.7 Å². The third kappa shape index (κ3) is 2.26. The van der Waals surface area contributed by atoms with Gasteiger partial charge < -0.3 is 15.1 Å². The molecule has 0 amide bonds. The molecule has 1 aromatic heterocycles. The maximum absolute atomic E-state index is 11.3. The van der Waals surface area contributed by atoms with Crippen molar-refractivity contribution >= 4 is 28.7 Å². The number of aliphatic carboxylic acids is 1. The van der Waals surface area contributed by atoms with Gasteiger partial charge in [-0.25, -0.2) is 19.6 Å². The van der Waals surface area contributed by atoms with Crippen molar-refractivity contribution in [2.45, 2.75) is 18.9 Å². The molecule has 7 heteroatoms. The Hall–Kier alpha value is -2.70. The summed E-state index contributed by atoms with van der Waals surface area (Å²) in [6.07, 6.45) is 2.70. The van der Waals surface area contributed by atoms with Gasteiger partial charge in [-0.1, -0.05) is 0 Å². The van der Waals surface area contributed by atoms with Crippen molar-refractivity contribution in [2.24, 2.45) is 0 Å². The number of carboxylic acid groups (broad SMARTS) is 2. The number of aromatic nitrogens is 2. The van der Waals surface area contributed by atoms with Gasteiger partial charge in [-0.3, -0.25) is 0 Å². The molecule has 2 aromatic rings. The minimum Gasteiger partial charge on any atom is -0.480 e. The normalized spacial score (nSPS) is 18.1. The summed E-state index contributed by atoms with van der Waals surface area (Å²) in [5.41, 5.74) is 0.638. The number of carbonyl (C=O) groups is 2. The Kier molecular flexibility index (Phi) is 3.17. The zero-order chi connectivity index (χ0) is 15.0. The van der Waals surface area contributed by atoms with Crippen LogP contribution in [0, 0.1) is 0 Å². The van der Waals surface area contributed by atoms with Crippen LogP contribution >= 0.6 is 0 Å². The monoisotopic (exact) mass is 287 g/mol. The van der Waals surface area contributed by atoms with Gasteiger partial charge in [0.05, 0.1) is 11.1 Å². The van der Waals surface area contributed by atoms with E-state index in [0.717, 1.165) is 6.42 Å². The molecule has 108 valence electrons. The minimum atomic E-state index is -1.03. The Morgan fingerprint density at radius 3 is 2.76 bits per heavy atom. The summed E-state index contributed by atoms with van der Waals surface area (Å²) >= 11 is 0. The summed E-state index contributed by atoms with van der Waals surface area (Å²) in [6.45, 7) is 0.615. The smallest absolute Gasteiger partial charge is 0.335 e. The summed E-state index contributed by atoms with van der Waals surface area (Å²) in [6, 6.07) is 3.98. The minimum absolute atomic E-state index is 0.142. The van der Waals surface area contributed by atoms with Crippen LogP contribution in [0.5, 0.6) is 0 Å². The van der Waals surface area contributed by atoms with Crippen LogP contribution in [0.1, 0.15) is 23.2 Å². The van der Waals surface area contributed by atoms with Crippen molar-refractivity contribution in [2.75, 3.05) is 11.4 Å². The third-order valence-electron chi connectivity index (χ3n) is 3.67. The molecule has 2 N–H and O–H groups in total. The molecule has 21 heavy (non-hydrogen) atoms. The number of hydrogen-bond donors (Lipinski definition) is 2. The van der Waals surface area contributed by atoms with E-state index in [1.54, 1.807) is 11.0 Å². The highest BCUT2D eigenvalue weighted by Crippen LogP contribution is 2.30. The molecule has 3 rings (SSSR count). The molecule has 0 saturated carbocycles. The molecule has 1 atom stereocenters. The van der Waals surface area contributed by atoms with Crippen LogP contribution in [0.4, 0.5) is 5.82 Å². The Balaban J connectivity index is 2.11. The first-order valence-electron chi connectivity index (χ1n) is 6.55. The first kappa shape index (κ1) is 13.3. The van der Waals surface area contributed by atoms with Crippen LogP contribution in [0.15, 0.2) is 24.5 Å². The topological polar surface area (TPSA) is 104 Å². The maximum atomic E-state index is 11.3. The summed E-state index contributed by atoms with van der Waals surface area (Å²) < 4.78 is 0. The van der Waals surface area contributed by atoms with Crippen molar-refractivity contribution in [3.8, 4) is 0 Å². The Labute approximate surface area is 119 Å². The Morgan fingerprint density at radius 1 is 1.24 bits per heavy atom. The maximum Gasteiger partial charge on any atom is 0.335 e. The summed E-state index contributed by atoms with van der Waals surface area (Å²) in [5.74, 6) is -1.36. The van der Waals surface area contributed by atoms with Crippen LogP contribution in [0.3, 0.4) is 0 Å². The average Bonchev–Trinajstić information content (AvgIpc) is 2.95. The summed E-state index contributed by atoms with van der Waals surface area (Å²) in [5, 5.41) is 18.9. The van der Waals surface area contributed by atoms with E-state index in [0.29, 0.717) is 29.7 Å². The number of hydrogen-bond acceptors (Lipinski definition) is 5. The zero-order valence-corrected chi connectivity index (χ0v) is 11.1. The van der Waals surface area contributed by atoms with Gasteiger partial charge in [0, 0.05) is 11.9 Å². The lowest BCUT2D eigenvalue weighted by Gasteiger charge is -2.23. The average molecular weight is 287 g/mol. The molecule has 0 radical (unpaired) electrons. The highest BCUT2D eigenvalue weighted by atomic mass is 16.4. The first-order chi connectivity index (χ1) is 10.1. The second kappa shape index (κ2) is 5.01. The molecule has 0 bridgehead atoms. The molecular formula is C14H13N3O4. The quantitative estimate of drug-likeness (QED) is 0.878. The summed E-state index contributed by atoms with van der Waals surface area (Å²) in [4.78, 5) is 32.3. The Morgan fingerprint density at radius 2 is 2.05 bits per heavy atom. The zero-order valence-electron chi connectivity index (χ0n) is 11.1. The van der Waals surface area contributed by atoms with Crippen LogP contribution in [0.25, 0.3) is 10.9 Å². The lowest BCUT2D eigenvalue weighted by Crippen LogP contribution is -2.36. The summed E-state index contributed by atoms with van der Waals surface area (Å²) in [7, 11) is 0. The lowest BCUT2D eigenvalue weighted by atomic mass is 10.1. The fraction of sp³-hybridized carbons (Fsp3) is 0.286. The van der Waals surface area contributed by atoms with Crippen LogP contribution < -0.4 is 4.90 Å². The lowest BCUT2D eigenvalue weighted by molar-refractivity contribution is -0.138. The number of fused-ring (bicyclic) bond motifs is 1. The van der Waals surface area contributed by atoms with Gasteiger partial charge in [0.2, 0.25) is 0 Å². The molecule has 1 aromatic carbocycles. The van der Waals surface area contributed by atoms with Gasteiger partial charge >= 0.3 is 11.9 Å². The van der Waals surface area contributed by atoms with Crippen molar-refractivity contribution in [3.05, 3.63) is 30.1 Å². The van der Waals surface area contributed by atoms with E-state index in [1.807, 2.05) is 0 Å². The highest BCUT2D eigenvalue weighted by molar-refractivity contribution is 5.97. The van der Waals surface area contributed by atoms with Gasteiger partial charge in [-0.2, -0.15) is 0 Å². The van der Waals surface area contributed by atoms with Crippen molar-refractivity contribution in [3.63, 3.8) is 0 Å². The van der Waals surface area contributed by atoms with Crippen LogP contribution in [0.2, 0.25) is 0 Å². The molecule has 1 fully saturated rings. The van der Waals surface area contributed by atoms with E-state index in [1.165, 1.54) is 18.5 Å². The van der Waals surface area contributed by atoms with E-state index >= 15 is 0 Å². The predicted molar refractivity (Wildman–Crippen MR) is 74.5 cm³/mol. The van der Waals surface area contributed by atoms with Gasteiger partial charge in [-0.15, -0.1) is 0 Å². The first-order valence-corrected chi connectivity index (χ1v) is 6.55. The molecular weight excluding hydrogens is 274 g/mol. The third-order valence-corrected chi connectivity index (χ3v) is 3.67. The fourth-order valence-electron chi connectivity index (χ4n) is 2.68. The highest BCUT2D eigenvalue weighted by Gasteiger charge is 2.32. The van der Waals surface area contributed by atoms with E-state index < -0.39 is 18.0 Å². The van der Waals surface area contributed by atoms with Gasteiger partial charge in [0.15, 0.2) is 0 Å². The largest absolute Gasteiger partial charge is 0.480 e. The van der Waals surface area contributed by atoms with E-state index in [4.69, 9.17) is 5.11 Å². The predicted octanol–water partition coefficient (Wildman–Crippen LogP) is 1.38. The molecule has 2 heterocycles. The van der Waals surface area contributed by atoms with E-state index in [9.17, 15) is 14.7 Å². The molecule has 1 unspecified atom stereocenters. The molecule has 1 saturated heterocycles. The number of anilines is 1. The van der Waals surface area contributed by atoms with E-state index in [2.05, 4.69) is 9.97 Å². The van der Waals surface area contributed by atoms with E-state index in [-0.39, 0.29) is 5.56 Å². The SMILES string of the molecule is O=C(O)c1ccc2c(N3CCCC3C(=O)O)ncnc2c1. The number of nitrogens with zero attached hydrogens (tertiary/aromatic N) is 3. The second-order valence-corrected chi connectivity index (χ2v) is 4.92.